The Morgan fingerprint density at radius 2 is 2.00 bits per heavy atom. The molecular weight excluding hydrogens is 250 g/mol. The summed E-state index contributed by atoms with van der Waals surface area (Å²) in [4.78, 5) is 22.5. The number of carbonyl (C=O) groups is 2. The van der Waals surface area contributed by atoms with Gasteiger partial charge in [-0.1, -0.05) is 0 Å². The van der Waals surface area contributed by atoms with Crippen LogP contribution in [0.15, 0.2) is 18.2 Å². The zero-order valence-electron chi connectivity index (χ0n) is 11.1. The minimum atomic E-state index is -0.770. The minimum absolute atomic E-state index is 0.282. The Balaban J connectivity index is 2.89. The van der Waals surface area contributed by atoms with Gasteiger partial charge in [-0.05, 0) is 32.0 Å². The maximum absolute atomic E-state index is 11.5. The van der Waals surface area contributed by atoms with Crippen molar-refractivity contribution in [3.05, 3.63) is 23.8 Å². The number of amides is 1. The second-order valence-corrected chi connectivity index (χ2v) is 3.74. The fraction of sp³-hybridized carbons (Fsp3) is 0.385. The van der Waals surface area contributed by atoms with Gasteiger partial charge in [0.1, 0.15) is 0 Å². The summed E-state index contributed by atoms with van der Waals surface area (Å²) in [5.74, 6) is -0.368. The molecule has 104 valence electrons. The Kier molecular flexibility index (Phi) is 5.17. The lowest BCUT2D eigenvalue weighted by atomic mass is 10.2. The van der Waals surface area contributed by atoms with Crippen LogP contribution < -0.4 is 15.2 Å². The van der Waals surface area contributed by atoms with Crippen molar-refractivity contribution in [2.24, 2.45) is 5.73 Å². The summed E-state index contributed by atoms with van der Waals surface area (Å²) in [6, 6.07) is 4.47. The van der Waals surface area contributed by atoms with Gasteiger partial charge in [0, 0.05) is 5.56 Å². The van der Waals surface area contributed by atoms with E-state index in [1.54, 1.807) is 13.8 Å². The van der Waals surface area contributed by atoms with E-state index in [9.17, 15) is 9.59 Å². The summed E-state index contributed by atoms with van der Waals surface area (Å²) in [6.45, 7) is 3.57. The number of benzene rings is 1. The van der Waals surface area contributed by atoms with Crippen molar-refractivity contribution >= 4 is 11.9 Å². The first-order valence-corrected chi connectivity index (χ1v) is 5.80. The van der Waals surface area contributed by atoms with E-state index in [4.69, 9.17) is 19.9 Å². The van der Waals surface area contributed by atoms with Crippen LogP contribution in [0.1, 0.15) is 24.2 Å². The Hall–Kier alpha value is -2.24. The number of esters is 1. The van der Waals surface area contributed by atoms with Gasteiger partial charge < -0.3 is 19.9 Å². The molecule has 1 aromatic rings. The average Bonchev–Trinajstić information content (AvgIpc) is 2.39. The fourth-order valence-electron chi connectivity index (χ4n) is 1.42. The number of methoxy groups -OCH3 is 1. The molecule has 1 rings (SSSR count). The maximum Gasteiger partial charge on any atom is 0.347 e. The average molecular weight is 267 g/mol. The highest BCUT2D eigenvalue weighted by Gasteiger charge is 2.18. The van der Waals surface area contributed by atoms with Gasteiger partial charge in [-0.15, -0.1) is 0 Å². The number of nitrogens with two attached hydrogens (primary N) is 1. The Morgan fingerprint density at radius 3 is 2.53 bits per heavy atom. The molecule has 0 saturated carbocycles. The Labute approximate surface area is 111 Å². The lowest BCUT2D eigenvalue weighted by Gasteiger charge is -2.16. The number of hydrogen-bond acceptors (Lipinski definition) is 5. The zero-order chi connectivity index (χ0) is 14.4. The number of primary amides is 1. The van der Waals surface area contributed by atoms with Gasteiger partial charge >= 0.3 is 5.97 Å². The van der Waals surface area contributed by atoms with E-state index in [1.165, 1.54) is 25.3 Å². The zero-order valence-corrected chi connectivity index (χ0v) is 11.1. The van der Waals surface area contributed by atoms with Crippen LogP contribution in [-0.4, -0.2) is 31.7 Å². The molecule has 6 heteroatoms. The predicted molar refractivity (Wildman–Crippen MR) is 68.2 cm³/mol. The number of ether oxygens (including phenoxy) is 3. The first-order valence-electron chi connectivity index (χ1n) is 5.80. The van der Waals surface area contributed by atoms with Crippen LogP contribution in [0.4, 0.5) is 0 Å². The first-order chi connectivity index (χ1) is 8.99. The van der Waals surface area contributed by atoms with Crippen LogP contribution in [0, 0.1) is 0 Å². The third-order valence-electron chi connectivity index (χ3n) is 2.37. The van der Waals surface area contributed by atoms with Crippen molar-refractivity contribution in [1.29, 1.82) is 0 Å². The molecule has 0 aliphatic carbocycles. The van der Waals surface area contributed by atoms with E-state index in [1.807, 2.05) is 0 Å². The molecule has 0 saturated heterocycles. The smallest absolute Gasteiger partial charge is 0.347 e. The summed E-state index contributed by atoms with van der Waals surface area (Å²) in [7, 11) is 1.43. The summed E-state index contributed by atoms with van der Waals surface area (Å²) < 4.78 is 15.4. The van der Waals surface area contributed by atoms with Crippen LogP contribution in [0.2, 0.25) is 0 Å². The summed E-state index contributed by atoms with van der Waals surface area (Å²) in [5.41, 5.74) is 5.47. The maximum atomic E-state index is 11.5. The summed E-state index contributed by atoms with van der Waals surface area (Å²) in [6.07, 6.45) is -0.770. The first kappa shape index (κ1) is 14.8. The molecule has 1 amide bonds. The molecule has 19 heavy (non-hydrogen) atoms. The lowest BCUT2D eigenvalue weighted by Crippen LogP contribution is -2.26. The van der Waals surface area contributed by atoms with Crippen molar-refractivity contribution in [2.45, 2.75) is 20.0 Å². The third kappa shape index (κ3) is 3.87. The lowest BCUT2D eigenvalue weighted by molar-refractivity contribution is -0.150. The molecule has 0 fully saturated rings. The van der Waals surface area contributed by atoms with E-state index in [0.717, 1.165) is 0 Å². The van der Waals surface area contributed by atoms with Gasteiger partial charge in [0.05, 0.1) is 13.7 Å². The van der Waals surface area contributed by atoms with E-state index >= 15 is 0 Å². The van der Waals surface area contributed by atoms with Crippen molar-refractivity contribution in [1.82, 2.24) is 0 Å². The normalized spacial score (nSPS) is 11.5. The Morgan fingerprint density at radius 1 is 1.32 bits per heavy atom. The van der Waals surface area contributed by atoms with Crippen molar-refractivity contribution in [3.8, 4) is 11.5 Å². The van der Waals surface area contributed by atoms with E-state index < -0.39 is 18.0 Å². The van der Waals surface area contributed by atoms with Gasteiger partial charge in [-0.2, -0.15) is 0 Å². The second-order valence-electron chi connectivity index (χ2n) is 3.74. The van der Waals surface area contributed by atoms with Crippen LogP contribution in [0.25, 0.3) is 0 Å². The monoisotopic (exact) mass is 267 g/mol. The highest BCUT2D eigenvalue weighted by atomic mass is 16.6. The van der Waals surface area contributed by atoms with E-state index in [0.29, 0.717) is 17.1 Å². The van der Waals surface area contributed by atoms with Crippen LogP contribution in [-0.2, 0) is 9.53 Å². The van der Waals surface area contributed by atoms with E-state index in [2.05, 4.69) is 0 Å². The molecule has 1 atom stereocenters. The second kappa shape index (κ2) is 6.63. The number of hydrogen-bond donors (Lipinski definition) is 1. The molecule has 0 radical (unpaired) electrons. The summed E-state index contributed by atoms with van der Waals surface area (Å²) in [5, 5.41) is 0. The van der Waals surface area contributed by atoms with Gasteiger partial charge in [0.15, 0.2) is 17.6 Å². The Bertz CT molecular complexity index is 472. The molecule has 6 nitrogen and oxygen atoms in total. The molecule has 2 N–H and O–H groups in total. The van der Waals surface area contributed by atoms with Gasteiger partial charge in [-0.3, -0.25) is 4.79 Å². The van der Waals surface area contributed by atoms with Crippen molar-refractivity contribution < 1.29 is 23.8 Å². The summed E-state index contributed by atoms with van der Waals surface area (Å²) >= 11 is 0. The topological polar surface area (TPSA) is 87.9 Å². The molecule has 0 spiro atoms. The quantitative estimate of drug-likeness (QED) is 0.780. The fourth-order valence-corrected chi connectivity index (χ4v) is 1.42. The highest BCUT2D eigenvalue weighted by molar-refractivity contribution is 5.93. The SMILES string of the molecule is CCOC(=O)C(C)Oc1ccc(C(N)=O)cc1OC. The van der Waals surface area contributed by atoms with Crippen LogP contribution >= 0.6 is 0 Å². The standard InChI is InChI=1S/C13H17NO5/c1-4-18-13(16)8(2)19-10-6-5-9(12(14)15)7-11(10)17-3/h5-8H,4H2,1-3H3,(H2,14,15). The van der Waals surface area contributed by atoms with Crippen LogP contribution in [0.5, 0.6) is 11.5 Å². The highest BCUT2D eigenvalue weighted by Crippen LogP contribution is 2.29. The minimum Gasteiger partial charge on any atom is -0.493 e. The molecule has 0 aliphatic rings. The van der Waals surface area contributed by atoms with Crippen LogP contribution in [0.3, 0.4) is 0 Å². The molecule has 0 aliphatic heterocycles. The predicted octanol–water partition coefficient (Wildman–Crippen LogP) is 1.12. The molecule has 0 bridgehead atoms. The largest absolute Gasteiger partial charge is 0.493 e. The van der Waals surface area contributed by atoms with Gasteiger partial charge in [0.25, 0.3) is 0 Å². The van der Waals surface area contributed by atoms with E-state index in [-0.39, 0.29) is 6.61 Å². The number of rotatable bonds is 6. The molecule has 0 heterocycles. The van der Waals surface area contributed by atoms with Gasteiger partial charge in [-0.25, -0.2) is 4.79 Å². The molecule has 1 aromatic carbocycles. The molecule has 1 unspecified atom stereocenters. The van der Waals surface area contributed by atoms with Gasteiger partial charge in [0.2, 0.25) is 5.91 Å². The molecular formula is C13H17NO5. The number of carbonyl (C=O) groups excluding carboxylic acids is 2. The third-order valence-corrected chi connectivity index (χ3v) is 2.37. The van der Waals surface area contributed by atoms with Crippen molar-refractivity contribution in [3.63, 3.8) is 0 Å². The van der Waals surface area contributed by atoms with Crippen molar-refractivity contribution in [2.75, 3.05) is 13.7 Å². The molecule has 0 aromatic heterocycles.